The molecule has 0 N–H and O–H groups in total. The van der Waals surface area contributed by atoms with Gasteiger partial charge < -0.3 is 4.90 Å². The van der Waals surface area contributed by atoms with Crippen molar-refractivity contribution in [3.05, 3.63) is 35.9 Å². The van der Waals surface area contributed by atoms with Gasteiger partial charge in [0, 0.05) is 24.8 Å². The molecule has 0 saturated heterocycles. The van der Waals surface area contributed by atoms with Crippen LogP contribution in [0.5, 0.6) is 0 Å². The topological polar surface area (TPSA) is 3.24 Å². The van der Waals surface area contributed by atoms with E-state index in [1.807, 2.05) is 39.2 Å². The first-order chi connectivity index (χ1) is 6.15. The van der Waals surface area contributed by atoms with Gasteiger partial charge in [-0.3, -0.25) is 0 Å². The van der Waals surface area contributed by atoms with Gasteiger partial charge in [-0.1, -0.05) is 29.8 Å². The largest absolute Gasteiger partial charge is 0.378 e. The zero-order valence-electron chi connectivity index (χ0n) is 8.21. The Morgan fingerprint density at radius 1 is 1.23 bits per heavy atom. The van der Waals surface area contributed by atoms with Crippen molar-refractivity contribution < 1.29 is 0 Å². The highest BCUT2D eigenvalue weighted by atomic mass is 35.5. The SMILES string of the molecule is C/C=C(\Cl)c1ccc(N(C)C)cc1. The maximum absolute atomic E-state index is 5.97. The number of hydrogen-bond acceptors (Lipinski definition) is 1. The maximum Gasteiger partial charge on any atom is 0.0435 e. The lowest BCUT2D eigenvalue weighted by Gasteiger charge is -2.12. The molecule has 13 heavy (non-hydrogen) atoms. The van der Waals surface area contributed by atoms with Crippen LogP contribution in [0.25, 0.3) is 5.03 Å². The van der Waals surface area contributed by atoms with Gasteiger partial charge in [-0.25, -0.2) is 0 Å². The maximum atomic E-state index is 5.97. The van der Waals surface area contributed by atoms with E-state index in [-0.39, 0.29) is 0 Å². The summed E-state index contributed by atoms with van der Waals surface area (Å²) in [5.41, 5.74) is 2.25. The van der Waals surface area contributed by atoms with E-state index in [4.69, 9.17) is 11.6 Å². The van der Waals surface area contributed by atoms with Gasteiger partial charge >= 0.3 is 0 Å². The highest BCUT2D eigenvalue weighted by Crippen LogP contribution is 2.21. The molecule has 0 aliphatic heterocycles. The summed E-state index contributed by atoms with van der Waals surface area (Å²) in [5.74, 6) is 0. The molecule has 70 valence electrons. The molecule has 0 atom stereocenters. The highest BCUT2D eigenvalue weighted by molar-refractivity contribution is 6.48. The molecule has 0 heterocycles. The third-order valence-corrected chi connectivity index (χ3v) is 2.35. The summed E-state index contributed by atoms with van der Waals surface area (Å²) >= 11 is 5.97. The van der Waals surface area contributed by atoms with Gasteiger partial charge in [-0.15, -0.1) is 0 Å². The third-order valence-electron chi connectivity index (χ3n) is 1.91. The smallest absolute Gasteiger partial charge is 0.0435 e. The van der Waals surface area contributed by atoms with E-state index in [0.717, 1.165) is 10.6 Å². The van der Waals surface area contributed by atoms with Crippen LogP contribution in [0, 0.1) is 0 Å². The first kappa shape index (κ1) is 10.1. The van der Waals surface area contributed by atoms with E-state index < -0.39 is 0 Å². The molecule has 0 bridgehead atoms. The van der Waals surface area contributed by atoms with Crippen molar-refractivity contribution >= 4 is 22.3 Å². The van der Waals surface area contributed by atoms with Crippen molar-refractivity contribution in [3.63, 3.8) is 0 Å². The van der Waals surface area contributed by atoms with Gasteiger partial charge in [-0.05, 0) is 24.6 Å². The standard InChI is InChI=1S/C11H14ClN/c1-4-11(12)9-5-7-10(8-6-9)13(2)3/h4-8H,1-3H3/b11-4-. The summed E-state index contributed by atoms with van der Waals surface area (Å²) in [6, 6.07) is 8.16. The molecule has 0 unspecified atom stereocenters. The van der Waals surface area contributed by atoms with Crippen LogP contribution in [0.2, 0.25) is 0 Å². The molecule has 0 spiro atoms. The Kier molecular flexibility index (Phi) is 3.38. The Balaban J connectivity index is 2.94. The summed E-state index contributed by atoms with van der Waals surface area (Å²) < 4.78 is 0. The van der Waals surface area contributed by atoms with Gasteiger partial charge in [-0.2, -0.15) is 0 Å². The Labute approximate surface area is 84.6 Å². The number of hydrogen-bond donors (Lipinski definition) is 0. The average Bonchev–Trinajstić information content (AvgIpc) is 2.17. The summed E-state index contributed by atoms with van der Waals surface area (Å²) in [5, 5.41) is 0.797. The lowest BCUT2D eigenvalue weighted by atomic mass is 10.2. The zero-order chi connectivity index (χ0) is 9.84. The second-order valence-corrected chi connectivity index (χ2v) is 3.49. The van der Waals surface area contributed by atoms with Gasteiger partial charge in [0.05, 0.1) is 0 Å². The first-order valence-corrected chi connectivity index (χ1v) is 4.62. The number of nitrogens with zero attached hydrogens (tertiary/aromatic N) is 1. The van der Waals surface area contributed by atoms with Crippen molar-refractivity contribution in [1.29, 1.82) is 0 Å². The van der Waals surface area contributed by atoms with Crippen LogP contribution in [-0.4, -0.2) is 14.1 Å². The molecule has 0 aliphatic rings. The van der Waals surface area contributed by atoms with Crippen molar-refractivity contribution in [1.82, 2.24) is 0 Å². The molecule has 2 heteroatoms. The van der Waals surface area contributed by atoms with Crippen LogP contribution in [0.1, 0.15) is 12.5 Å². The second-order valence-electron chi connectivity index (χ2n) is 3.08. The Bertz CT molecular complexity index is 298. The second kappa shape index (κ2) is 4.33. The van der Waals surface area contributed by atoms with Crippen LogP contribution >= 0.6 is 11.6 Å². The summed E-state index contributed by atoms with van der Waals surface area (Å²) in [4.78, 5) is 2.06. The van der Waals surface area contributed by atoms with Crippen LogP contribution in [0.15, 0.2) is 30.3 Å². The van der Waals surface area contributed by atoms with Crippen LogP contribution in [0.3, 0.4) is 0 Å². The fourth-order valence-electron chi connectivity index (χ4n) is 1.09. The van der Waals surface area contributed by atoms with Crippen LogP contribution in [-0.2, 0) is 0 Å². The van der Waals surface area contributed by atoms with Gasteiger partial charge in [0.2, 0.25) is 0 Å². The number of allylic oxidation sites excluding steroid dienone is 1. The third kappa shape index (κ3) is 2.49. The number of benzene rings is 1. The normalized spacial score (nSPS) is 11.5. The molecule has 1 aromatic rings. The minimum absolute atomic E-state index is 0.797. The average molecular weight is 196 g/mol. The molecule has 1 rings (SSSR count). The molecule has 1 nitrogen and oxygen atoms in total. The fourth-order valence-corrected chi connectivity index (χ4v) is 1.21. The lowest BCUT2D eigenvalue weighted by Crippen LogP contribution is -2.07. The van der Waals surface area contributed by atoms with Gasteiger partial charge in [0.25, 0.3) is 0 Å². The fraction of sp³-hybridized carbons (Fsp3) is 0.273. The van der Waals surface area contributed by atoms with E-state index in [0.29, 0.717) is 0 Å². The zero-order valence-corrected chi connectivity index (χ0v) is 8.97. The lowest BCUT2D eigenvalue weighted by molar-refractivity contribution is 1.13. The Morgan fingerprint density at radius 3 is 2.15 bits per heavy atom. The molecular formula is C11H14ClN. The molecule has 0 fully saturated rings. The predicted molar refractivity (Wildman–Crippen MR) is 60.3 cm³/mol. The van der Waals surface area contributed by atoms with Crippen molar-refractivity contribution in [2.24, 2.45) is 0 Å². The number of rotatable bonds is 2. The van der Waals surface area contributed by atoms with Crippen LogP contribution in [0.4, 0.5) is 5.69 Å². The van der Waals surface area contributed by atoms with E-state index in [1.165, 1.54) is 5.69 Å². The van der Waals surface area contributed by atoms with E-state index in [2.05, 4.69) is 17.0 Å². The van der Waals surface area contributed by atoms with Crippen molar-refractivity contribution in [2.45, 2.75) is 6.92 Å². The predicted octanol–water partition coefficient (Wildman–Crippen LogP) is 3.35. The molecule has 0 aliphatic carbocycles. The van der Waals surface area contributed by atoms with Crippen molar-refractivity contribution in [2.75, 3.05) is 19.0 Å². The number of halogens is 1. The van der Waals surface area contributed by atoms with Gasteiger partial charge in [0.1, 0.15) is 0 Å². The van der Waals surface area contributed by atoms with Gasteiger partial charge in [0.15, 0.2) is 0 Å². The quantitative estimate of drug-likeness (QED) is 0.700. The summed E-state index contributed by atoms with van der Waals surface area (Å²) in [6.07, 6.45) is 1.90. The molecule has 0 amide bonds. The first-order valence-electron chi connectivity index (χ1n) is 4.24. The molecule has 0 saturated carbocycles. The summed E-state index contributed by atoms with van der Waals surface area (Å²) in [7, 11) is 4.04. The Hall–Kier alpha value is -0.950. The molecule has 0 aromatic heterocycles. The molecule has 1 aromatic carbocycles. The van der Waals surface area contributed by atoms with E-state index >= 15 is 0 Å². The van der Waals surface area contributed by atoms with E-state index in [9.17, 15) is 0 Å². The highest BCUT2D eigenvalue weighted by Gasteiger charge is 1.97. The monoisotopic (exact) mass is 195 g/mol. The number of anilines is 1. The summed E-state index contributed by atoms with van der Waals surface area (Å²) in [6.45, 7) is 1.93. The minimum Gasteiger partial charge on any atom is -0.378 e. The van der Waals surface area contributed by atoms with Crippen LogP contribution < -0.4 is 4.90 Å². The Morgan fingerprint density at radius 2 is 1.77 bits per heavy atom. The van der Waals surface area contributed by atoms with E-state index in [1.54, 1.807) is 0 Å². The van der Waals surface area contributed by atoms with Crippen molar-refractivity contribution in [3.8, 4) is 0 Å². The molecule has 0 radical (unpaired) electrons. The minimum atomic E-state index is 0.797. The molecular weight excluding hydrogens is 182 g/mol.